The molecule has 0 spiro atoms. The van der Waals surface area contributed by atoms with Gasteiger partial charge in [-0.3, -0.25) is 0 Å². The predicted molar refractivity (Wildman–Crippen MR) is 75.7 cm³/mol. The molecule has 1 N–H and O–H groups in total. The van der Waals surface area contributed by atoms with E-state index in [1.165, 1.54) is 0 Å². The summed E-state index contributed by atoms with van der Waals surface area (Å²) in [5.41, 5.74) is 1.14. The average molecular weight is 254 g/mol. The Morgan fingerprint density at radius 1 is 1.35 bits per heavy atom. The van der Waals surface area contributed by atoms with E-state index in [0.29, 0.717) is 0 Å². The normalized spacial score (nSPS) is 10.5. The van der Waals surface area contributed by atoms with Crippen molar-refractivity contribution in [2.24, 2.45) is 0 Å². The highest BCUT2D eigenvalue weighted by atomic mass is 32.2. The predicted octanol–water partition coefficient (Wildman–Crippen LogP) is 1.78. The Kier molecular flexibility index (Phi) is 6.96. The Balaban J connectivity index is 2.43. The lowest BCUT2D eigenvalue weighted by Crippen LogP contribution is -2.22. The number of anilines is 1. The second-order valence-electron chi connectivity index (χ2n) is 3.98. The Hall–Kier alpha value is -0.810. The Morgan fingerprint density at radius 3 is 2.65 bits per heavy atom. The zero-order chi connectivity index (χ0) is 12.5. The van der Waals surface area contributed by atoms with Gasteiger partial charge in [0.05, 0.1) is 0 Å². The molecule has 0 amide bonds. The van der Waals surface area contributed by atoms with Gasteiger partial charge in [-0.1, -0.05) is 6.92 Å². The molecule has 0 bridgehead atoms. The summed E-state index contributed by atoms with van der Waals surface area (Å²) >= 11 is 1.83. The molecule has 0 saturated heterocycles. The summed E-state index contributed by atoms with van der Waals surface area (Å²) in [5, 5.41) is 3.34. The topological polar surface area (TPSA) is 41.1 Å². The minimum absolute atomic E-state index is 0.804. The summed E-state index contributed by atoms with van der Waals surface area (Å²) in [4.78, 5) is 10.8. The molecule has 0 aliphatic heterocycles. The highest BCUT2D eigenvalue weighted by Crippen LogP contribution is 2.06. The molecule has 0 aliphatic rings. The number of nitrogens with one attached hydrogen (secondary N) is 1. The van der Waals surface area contributed by atoms with Crippen LogP contribution in [0.3, 0.4) is 0 Å². The molecule has 1 aromatic rings. The summed E-state index contributed by atoms with van der Waals surface area (Å²) in [6.45, 7) is 5.03. The van der Waals surface area contributed by atoms with Crippen molar-refractivity contribution in [2.75, 3.05) is 37.0 Å². The van der Waals surface area contributed by atoms with Crippen molar-refractivity contribution >= 4 is 17.7 Å². The molecular formula is C12H22N4S. The van der Waals surface area contributed by atoms with Gasteiger partial charge in [0.25, 0.3) is 0 Å². The first-order valence-electron chi connectivity index (χ1n) is 5.99. The zero-order valence-electron chi connectivity index (χ0n) is 10.9. The fraction of sp³-hybridized carbons (Fsp3) is 0.667. The van der Waals surface area contributed by atoms with Gasteiger partial charge < -0.3 is 10.2 Å². The fourth-order valence-electron chi connectivity index (χ4n) is 1.37. The standard InChI is InChI=1S/C12H22N4S/c1-4-5-13-8-11-9-14-12(15-10-11)16(2)6-7-17-3/h9-10,13H,4-8H2,1-3H3. The van der Waals surface area contributed by atoms with Gasteiger partial charge in [0.2, 0.25) is 5.95 Å². The van der Waals surface area contributed by atoms with Crippen LogP contribution in [0.15, 0.2) is 12.4 Å². The first-order chi connectivity index (χ1) is 8.27. The van der Waals surface area contributed by atoms with Crippen LogP contribution >= 0.6 is 11.8 Å². The summed E-state index contributed by atoms with van der Waals surface area (Å²) in [6.07, 6.45) is 7.06. The molecule has 0 atom stereocenters. The van der Waals surface area contributed by atoms with Gasteiger partial charge in [0, 0.05) is 43.8 Å². The van der Waals surface area contributed by atoms with E-state index in [2.05, 4.69) is 33.4 Å². The van der Waals surface area contributed by atoms with Crippen LogP contribution in [0, 0.1) is 0 Å². The minimum Gasteiger partial charge on any atom is -0.343 e. The molecule has 17 heavy (non-hydrogen) atoms. The van der Waals surface area contributed by atoms with E-state index in [1.807, 2.05) is 31.2 Å². The number of thioether (sulfide) groups is 1. The van der Waals surface area contributed by atoms with Gasteiger partial charge in [0.1, 0.15) is 0 Å². The van der Waals surface area contributed by atoms with E-state index in [9.17, 15) is 0 Å². The first kappa shape index (κ1) is 14.3. The van der Waals surface area contributed by atoms with Crippen molar-refractivity contribution in [3.63, 3.8) is 0 Å². The summed E-state index contributed by atoms with van der Waals surface area (Å²) in [7, 11) is 2.03. The molecule has 0 aromatic carbocycles. The SMILES string of the molecule is CCCNCc1cnc(N(C)CCSC)nc1. The largest absolute Gasteiger partial charge is 0.343 e. The van der Waals surface area contributed by atoms with Crippen LogP contribution in [0.25, 0.3) is 0 Å². The van der Waals surface area contributed by atoms with Gasteiger partial charge in [-0.2, -0.15) is 11.8 Å². The minimum atomic E-state index is 0.804. The Bertz CT molecular complexity index is 302. The molecule has 0 saturated carbocycles. The monoisotopic (exact) mass is 254 g/mol. The molecule has 0 aliphatic carbocycles. The van der Waals surface area contributed by atoms with Crippen molar-refractivity contribution in [3.8, 4) is 0 Å². The molecule has 1 rings (SSSR count). The third-order valence-electron chi connectivity index (χ3n) is 2.42. The van der Waals surface area contributed by atoms with Crippen molar-refractivity contribution in [2.45, 2.75) is 19.9 Å². The maximum atomic E-state index is 4.38. The summed E-state index contributed by atoms with van der Waals surface area (Å²) in [5.74, 6) is 1.90. The molecule has 0 fully saturated rings. The highest BCUT2D eigenvalue weighted by molar-refractivity contribution is 7.98. The zero-order valence-corrected chi connectivity index (χ0v) is 11.8. The quantitative estimate of drug-likeness (QED) is 0.716. The highest BCUT2D eigenvalue weighted by Gasteiger charge is 2.03. The summed E-state index contributed by atoms with van der Waals surface area (Å²) < 4.78 is 0. The van der Waals surface area contributed by atoms with Crippen molar-refractivity contribution in [1.29, 1.82) is 0 Å². The van der Waals surface area contributed by atoms with Crippen molar-refractivity contribution < 1.29 is 0 Å². The van der Waals surface area contributed by atoms with Crippen LogP contribution in [0.1, 0.15) is 18.9 Å². The molecular weight excluding hydrogens is 232 g/mol. The Labute approximate surface area is 108 Å². The van der Waals surface area contributed by atoms with Crippen LogP contribution in [0.4, 0.5) is 5.95 Å². The van der Waals surface area contributed by atoms with Gasteiger partial charge in [-0.15, -0.1) is 0 Å². The van der Waals surface area contributed by atoms with Crippen molar-refractivity contribution in [1.82, 2.24) is 15.3 Å². The van der Waals surface area contributed by atoms with Gasteiger partial charge in [0.15, 0.2) is 0 Å². The van der Waals surface area contributed by atoms with E-state index in [1.54, 1.807) is 0 Å². The van der Waals surface area contributed by atoms with E-state index >= 15 is 0 Å². The lowest BCUT2D eigenvalue weighted by Gasteiger charge is -2.16. The second kappa shape index (κ2) is 8.31. The van der Waals surface area contributed by atoms with Gasteiger partial charge in [-0.05, 0) is 19.2 Å². The third kappa shape index (κ3) is 5.37. The first-order valence-corrected chi connectivity index (χ1v) is 7.39. The van der Waals surface area contributed by atoms with Crippen LogP contribution in [-0.4, -0.2) is 42.1 Å². The lowest BCUT2D eigenvalue weighted by molar-refractivity contribution is 0.671. The number of rotatable bonds is 8. The number of aromatic nitrogens is 2. The number of hydrogen-bond acceptors (Lipinski definition) is 5. The van der Waals surface area contributed by atoms with Crippen LogP contribution in [0.5, 0.6) is 0 Å². The Morgan fingerprint density at radius 2 is 2.06 bits per heavy atom. The molecule has 4 nitrogen and oxygen atoms in total. The maximum Gasteiger partial charge on any atom is 0.225 e. The molecule has 0 unspecified atom stereocenters. The maximum absolute atomic E-state index is 4.38. The van der Waals surface area contributed by atoms with Crippen LogP contribution in [-0.2, 0) is 6.54 Å². The number of nitrogens with zero attached hydrogens (tertiary/aromatic N) is 3. The summed E-state index contributed by atoms with van der Waals surface area (Å²) in [6, 6.07) is 0. The van der Waals surface area contributed by atoms with E-state index in [-0.39, 0.29) is 0 Å². The van der Waals surface area contributed by atoms with E-state index in [0.717, 1.165) is 43.3 Å². The molecule has 96 valence electrons. The van der Waals surface area contributed by atoms with E-state index in [4.69, 9.17) is 0 Å². The van der Waals surface area contributed by atoms with Crippen molar-refractivity contribution in [3.05, 3.63) is 18.0 Å². The van der Waals surface area contributed by atoms with Gasteiger partial charge in [-0.25, -0.2) is 9.97 Å². The second-order valence-corrected chi connectivity index (χ2v) is 4.97. The number of hydrogen-bond donors (Lipinski definition) is 1. The fourth-order valence-corrected chi connectivity index (χ4v) is 1.83. The van der Waals surface area contributed by atoms with Gasteiger partial charge >= 0.3 is 0 Å². The molecule has 5 heteroatoms. The van der Waals surface area contributed by atoms with Crippen LogP contribution in [0.2, 0.25) is 0 Å². The molecule has 1 heterocycles. The third-order valence-corrected chi connectivity index (χ3v) is 3.01. The van der Waals surface area contributed by atoms with E-state index < -0.39 is 0 Å². The van der Waals surface area contributed by atoms with Crippen LogP contribution < -0.4 is 10.2 Å². The lowest BCUT2D eigenvalue weighted by atomic mass is 10.3. The average Bonchev–Trinajstić information content (AvgIpc) is 2.37. The smallest absolute Gasteiger partial charge is 0.225 e. The molecule has 1 aromatic heterocycles. The molecule has 0 radical (unpaired) electrons.